The topological polar surface area (TPSA) is 50.8 Å². The van der Waals surface area contributed by atoms with Gasteiger partial charge in [-0.2, -0.15) is 0 Å². The Morgan fingerprint density at radius 1 is 1.04 bits per heavy atom. The maximum absolute atomic E-state index is 12.4. The molecule has 3 rings (SSSR count). The van der Waals surface area contributed by atoms with Crippen molar-refractivity contribution in [2.75, 3.05) is 26.8 Å². The minimum absolute atomic E-state index is 0.0754. The summed E-state index contributed by atoms with van der Waals surface area (Å²) in [4.78, 5) is 14.9. The molecule has 0 radical (unpaired) electrons. The smallest absolute Gasteiger partial charge is 0.251 e. The number of benzene rings is 2. The maximum Gasteiger partial charge on any atom is 0.251 e. The summed E-state index contributed by atoms with van der Waals surface area (Å²) < 4.78 is 10.8. The number of methoxy groups -OCH3 is 1. The highest BCUT2D eigenvalue weighted by molar-refractivity contribution is 5.94. The molecule has 0 spiro atoms. The molecule has 2 aromatic carbocycles. The molecule has 5 heteroatoms. The summed E-state index contributed by atoms with van der Waals surface area (Å²) in [5.41, 5.74) is 1.93. The fourth-order valence-corrected chi connectivity index (χ4v) is 3.20. The lowest BCUT2D eigenvalue weighted by Crippen LogP contribution is -2.36. The molecule has 144 valence electrons. The molecule has 1 aliphatic heterocycles. The molecular weight excluding hydrogens is 340 g/mol. The number of ether oxygens (including phenoxy) is 2. The molecule has 1 unspecified atom stereocenters. The minimum atomic E-state index is -0.0936. The number of rotatable bonds is 8. The lowest BCUT2D eigenvalue weighted by Gasteiger charge is -2.16. The van der Waals surface area contributed by atoms with E-state index < -0.39 is 0 Å². The summed E-state index contributed by atoms with van der Waals surface area (Å²) in [7, 11) is 1.63. The highest BCUT2D eigenvalue weighted by Crippen LogP contribution is 2.17. The number of nitrogens with one attached hydrogen (secondary N) is 1. The minimum Gasteiger partial charge on any atom is -0.497 e. The summed E-state index contributed by atoms with van der Waals surface area (Å²) >= 11 is 0. The predicted octanol–water partition coefficient (Wildman–Crippen LogP) is 3.49. The van der Waals surface area contributed by atoms with Crippen molar-refractivity contribution in [2.24, 2.45) is 0 Å². The van der Waals surface area contributed by atoms with Crippen LogP contribution in [-0.2, 0) is 6.54 Å². The Kier molecular flexibility index (Phi) is 6.71. The third-order valence-corrected chi connectivity index (χ3v) is 4.76. The molecule has 1 aliphatic rings. The SMILES string of the molecule is COc1ccc(OCC(C)NC(=O)c2ccc(CN3CCCC3)cc2)cc1. The summed E-state index contributed by atoms with van der Waals surface area (Å²) in [5.74, 6) is 1.47. The van der Waals surface area contributed by atoms with Crippen LogP contribution < -0.4 is 14.8 Å². The molecule has 0 aromatic heterocycles. The van der Waals surface area contributed by atoms with Crippen molar-refractivity contribution < 1.29 is 14.3 Å². The van der Waals surface area contributed by atoms with Crippen LogP contribution in [0.15, 0.2) is 48.5 Å². The number of carbonyl (C=O) groups is 1. The van der Waals surface area contributed by atoms with Gasteiger partial charge < -0.3 is 14.8 Å². The molecular formula is C22H28N2O3. The van der Waals surface area contributed by atoms with Crippen LogP contribution in [0, 0.1) is 0 Å². The van der Waals surface area contributed by atoms with Gasteiger partial charge in [0.05, 0.1) is 13.2 Å². The summed E-state index contributed by atoms with van der Waals surface area (Å²) in [6.45, 7) is 5.66. The zero-order chi connectivity index (χ0) is 19.1. The molecule has 5 nitrogen and oxygen atoms in total. The van der Waals surface area contributed by atoms with Crippen LogP contribution in [0.2, 0.25) is 0 Å². The first-order valence-electron chi connectivity index (χ1n) is 9.53. The van der Waals surface area contributed by atoms with Gasteiger partial charge in [0.1, 0.15) is 18.1 Å². The molecule has 1 heterocycles. The standard InChI is InChI=1S/C22H28N2O3/c1-17(16-27-21-11-9-20(26-2)10-12-21)23-22(25)19-7-5-18(6-8-19)15-24-13-3-4-14-24/h5-12,17H,3-4,13-16H2,1-2H3,(H,23,25). The Morgan fingerprint density at radius 2 is 1.67 bits per heavy atom. The first-order chi connectivity index (χ1) is 13.1. The lowest BCUT2D eigenvalue weighted by atomic mass is 10.1. The molecule has 0 aliphatic carbocycles. The van der Waals surface area contributed by atoms with Crippen LogP contribution in [0.5, 0.6) is 11.5 Å². The normalized spacial score (nSPS) is 15.3. The molecule has 27 heavy (non-hydrogen) atoms. The van der Waals surface area contributed by atoms with E-state index in [1.165, 1.54) is 31.5 Å². The molecule has 0 bridgehead atoms. The molecule has 1 saturated heterocycles. The van der Waals surface area contributed by atoms with Crippen LogP contribution >= 0.6 is 0 Å². The Balaban J connectivity index is 1.45. The van der Waals surface area contributed by atoms with Gasteiger partial charge in [-0.1, -0.05) is 12.1 Å². The van der Waals surface area contributed by atoms with Gasteiger partial charge in [0.25, 0.3) is 5.91 Å². The zero-order valence-corrected chi connectivity index (χ0v) is 16.1. The second-order valence-electron chi connectivity index (χ2n) is 7.04. The molecule has 1 amide bonds. The van der Waals surface area contributed by atoms with Gasteiger partial charge in [-0.05, 0) is 74.8 Å². The van der Waals surface area contributed by atoms with E-state index in [0.717, 1.165) is 18.0 Å². The van der Waals surface area contributed by atoms with E-state index in [1.54, 1.807) is 7.11 Å². The van der Waals surface area contributed by atoms with Crippen LogP contribution in [0.25, 0.3) is 0 Å². The highest BCUT2D eigenvalue weighted by atomic mass is 16.5. The number of hydrogen-bond donors (Lipinski definition) is 1. The molecule has 1 fully saturated rings. The fraction of sp³-hybridized carbons (Fsp3) is 0.409. The Labute approximate surface area is 161 Å². The second-order valence-corrected chi connectivity index (χ2v) is 7.04. The second kappa shape index (κ2) is 9.42. The third-order valence-electron chi connectivity index (χ3n) is 4.76. The molecule has 1 N–H and O–H groups in total. The van der Waals surface area contributed by atoms with Crippen LogP contribution in [0.3, 0.4) is 0 Å². The quantitative estimate of drug-likeness (QED) is 0.775. The average Bonchev–Trinajstić information content (AvgIpc) is 3.20. The number of hydrogen-bond acceptors (Lipinski definition) is 4. The Morgan fingerprint density at radius 3 is 2.30 bits per heavy atom. The number of amides is 1. The van der Waals surface area contributed by atoms with Gasteiger partial charge >= 0.3 is 0 Å². The monoisotopic (exact) mass is 368 g/mol. The third kappa shape index (κ3) is 5.73. The van der Waals surface area contributed by atoms with Gasteiger partial charge in [0.15, 0.2) is 0 Å². The van der Waals surface area contributed by atoms with E-state index in [2.05, 4.69) is 10.2 Å². The number of carbonyl (C=O) groups excluding carboxylic acids is 1. The predicted molar refractivity (Wildman–Crippen MR) is 106 cm³/mol. The van der Waals surface area contributed by atoms with Gasteiger partial charge in [0.2, 0.25) is 0 Å². The summed E-state index contributed by atoms with van der Waals surface area (Å²) in [6, 6.07) is 15.2. The average molecular weight is 368 g/mol. The lowest BCUT2D eigenvalue weighted by molar-refractivity contribution is 0.0926. The van der Waals surface area contributed by atoms with Crippen molar-refractivity contribution in [3.05, 3.63) is 59.7 Å². The molecule has 2 aromatic rings. The van der Waals surface area contributed by atoms with E-state index in [0.29, 0.717) is 12.2 Å². The number of nitrogens with zero attached hydrogens (tertiary/aromatic N) is 1. The van der Waals surface area contributed by atoms with Gasteiger partial charge in [-0.3, -0.25) is 9.69 Å². The first kappa shape index (κ1) is 19.2. The maximum atomic E-state index is 12.4. The Hall–Kier alpha value is -2.53. The van der Waals surface area contributed by atoms with E-state index in [4.69, 9.17) is 9.47 Å². The van der Waals surface area contributed by atoms with Crippen molar-refractivity contribution in [3.8, 4) is 11.5 Å². The van der Waals surface area contributed by atoms with Gasteiger partial charge in [-0.15, -0.1) is 0 Å². The van der Waals surface area contributed by atoms with Gasteiger partial charge in [-0.25, -0.2) is 0 Å². The molecule has 1 atom stereocenters. The molecule has 0 saturated carbocycles. The fourth-order valence-electron chi connectivity index (χ4n) is 3.20. The van der Waals surface area contributed by atoms with E-state index in [-0.39, 0.29) is 11.9 Å². The van der Waals surface area contributed by atoms with Crippen molar-refractivity contribution in [1.29, 1.82) is 0 Å². The van der Waals surface area contributed by atoms with E-state index in [1.807, 2.05) is 55.5 Å². The van der Waals surface area contributed by atoms with Crippen molar-refractivity contribution in [3.63, 3.8) is 0 Å². The van der Waals surface area contributed by atoms with Crippen LogP contribution in [0.1, 0.15) is 35.7 Å². The van der Waals surface area contributed by atoms with Crippen molar-refractivity contribution >= 4 is 5.91 Å². The van der Waals surface area contributed by atoms with Gasteiger partial charge in [0, 0.05) is 12.1 Å². The van der Waals surface area contributed by atoms with Crippen LogP contribution in [-0.4, -0.2) is 43.7 Å². The first-order valence-corrected chi connectivity index (χ1v) is 9.53. The van der Waals surface area contributed by atoms with Crippen molar-refractivity contribution in [1.82, 2.24) is 10.2 Å². The van der Waals surface area contributed by atoms with E-state index >= 15 is 0 Å². The summed E-state index contributed by atoms with van der Waals surface area (Å²) in [6.07, 6.45) is 2.58. The zero-order valence-electron chi connectivity index (χ0n) is 16.1. The van der Waals surface area contributed by atoms with E-state index in [9.17, 15) is 4.79 Å². The van der Waals surface area contributed by atoms with Crippen molar-refractivity contribution in [2.45, 2.75) is 32.4 Å². The Bertz CT molecular complexity index is 722. The summed E-state index contributed by atoms with van der Waals surface area (Å²) in [5, 5.41) is 2.98. The van der Waals surface area contributed by atoms with Crippen LogP contribution in [0.4, 0.5) is 0 Å². The highest BCUT2D eigenvalue weighted by Gasteiger charge is 2.13. The largest absolute Gasteiger partial charge is 0.497 e. The number of likely N-dealkylation sites (tertiary alicyclic amines) is 1.